The number of rotatable bonds is 5. The number of nitrogens with zero attached hydrogens (tertiary/aromatic N) is 2. The molecule has 5 aliphatic heterocycles. The van der Waals surface area contributed by atoms with E-state index in [2.05, 4.69) is 51.3 Å². The maximum atomic E-state index is 7.28. The van der Waals surface area contributed by atoms with Crippen LogP contribution < -0.4 is 0 Å². The van der Waals surface area contributed by atoms with Crippen LogP contribution in [0.5, 0.6) is 0 Å². The maximum Gasteiger partial charge on any atom is 0.110 e. The molecule has 0 aromatic carbocycles. The van der Waals surface area contributed by atoms with Crippen molar-refractivity contribution < 1.29 is 4.74 Å². The van der Waals surface area contributed by atoms with E-state index in [4.69, 9.17) is 4.74 Å². The van der Waals surface area contributed by atoms with Crippen LogP contribution >= 0.6 is 0 Å². The van der Waals surface area contributed by atoms with Gasteiger partial charge in [0.1, 0.15) is 6.10 Å². The Balaban J connectivity index is 1.17. The van der Waals surface area contributed by atoms with Gasteiger partial charge in [0.25, 0.3) is 0 Å². The fourth-order valence-corrected chi connectivity index (χ4v) is 13.8. The van der Waals surface area contributed by atoms with Gasteiger partial charge in [0, 0.05) is 49.5 Å². The molecule has 242 valence electrons. The highest BCUT2D eigenvalue weighted by atomic mass is 16.5. The molecular weight excluding hydrogens is 524 g/mol. The zero-order chi connectivity index (χ0) is 29.6. The van der Waals surface area contributed by atoms with Crippen LogP contribution in [0.25, 0.3) is 0 Å². The van der Waals surface area contributed by atoms with Crippen LogP contribution in [0.15, 0.2) is 11.3 Å². The van der Waals surface area contributed by atoms with Crippen molar-refractivity contribution >= 4 is 0 Å². The minimum atomic E-state index is 0.483. The third-order valence-corrected chi connectivity index (χ3v) is 15.9. The molecule has 0 spiro atoms. The Bertz CT molecular complexity index is 1060. The molecule has 4 saturated heterocycles. The quantitative estimate of drug-likeness (QED) is 0.317. The Hall–Kier alpha value is -0.540. The SMILES string of the molecule is CCC1(CC2C3CC(C(C)C)C4C5=C(CCCC5)OC4C3C3CCC(C(C)C)CN23)CN2CCCC2C2CCC(C)CC21. The monoisotopic (exact) mass is 591 g/mol. The fourth-order valence-electron chi connectivity index (χ4n) is 13.8. The van der Waals surface area contributed by atoms with Gasteiger partial charge in [-0.2, -0.15) is 0 Å². The lowest BCUT2D eigenvalue weighted by Gasteiger charge is -2.59. The summed E-state index contributed by atoms with van der Waals surface area (Å²) in [6, 6.07) is 2.45. The maximum absolute atomic E-state index is 7.28. The number of piperidine rings is 2. The first-order chi connectivity index (χ1) is 20.8. The molecule has 0 bridgehead atoms. The van der Waals surface area contributed by atoms with E-state index < -0.39 is 0 Å². The second-order valence-corrected chi connectivity index (χ2v) is 18.4. The van der Waals surface area contributed by atoms with Gasteiger partial charge in [-0.25, -0.2) is 0 Å². The van der Waals surface area contributed by atoms with Gasteiger partial charge >= 0.3 is 0 Å². The van der Waals surface area contributed by atoms with E-state index in [-0.39, 0.29) is 0 Å². The predicted octanol–water partition coefficient (Wildman–Crippen LogP) is 9.17. The van der Waals surface area contributed by atoms with E-state index in [1.807, 2.05) is 0 Å². The first-order valence-corrected chi connectivity index (χ1v) is 19.7. The standard InChI is InChI=1S/C40H66N2O/c1-7-40(23-41-18-10-12-33(41)28-16-14-26(6)19-32(28)40)21-35-31-20-30(25(4)5)37-29-11-8-9-13-36(29)43-39(37)38(31)34-17-15-27(24(2)3)22-42(34)35/h24-28,30-35,37-39H,7-23H2,1-6H3. The van der Waals surface area contributed by atoms with Gasteiger partial charge in [-0.05, 0) is 142 Å². The van der Waals surface area contributed by atoms with E-state index in [0.29, 0.717) is 11.5 Å². The average Bonchev–Trinajstić information content (AvgIpc) is 3.70. The average molecular weight is 591 g/mol. The van der Waals surface area contributed by atoms with Gasteiger partial charge in [0.2, 0.25) is 0 Å². The van der Waals surface area contributed by atoms with Gasteiger partial charge in [-0.1, -0.05) is 48.0 Å². The van der Waals surface area contributed by atoms with Crippen LogP contribution in [0.2, 0.25) is 0 Å². The molecule has 0 N–H and O–H groups in total. The van der Waals surface area contributed by atoms with Crippen LogP contribution in [0.3, 0.4) is 0 Å². The summed E-state index contributed by atoms with van der Waals surface area (Å²) in [5.74, 6) is 9.92. The smallest absolute Gasteiger partial charge is 0.110 e. The zero-order valence-corrected chi connectivity index (χ0v) is 28.9. The van der Waals surface area contributed by atoms with Crippen LogP contribution in [0.1, 0.15) is 131 Å². The van der Waals surface area contributed by atoms with Crippen molar-refractivity contribution in [3.63, 3.8) is 0 Å². The number of ether oxygens (including phenoxy) is 1. The molecule has 0 aromatic rings. The van der Waals surface area contributed by atoms with Crippen molar-refractivity contribution in [2.24, 2.45) is 64.6 Å². The topological polar surface area (TPSA) is 15.7 Å². The molecule has 43 heavy (non-hydrogen) atoms. The molecule has 3 nitrogen and oxygen atoms in total. The Morgan fingerprint density at radius 1 is 0.884 bits per heavy atom. The lowest BCUT2D eigenvalue weighted by Crippen LogP contribution is -2.60. The highest BCUT2D eigenvalue weighted by Gasteiger charge is 2.64. The van der Waals surface area contributed by atoms with Gasteiger partial charge in [0.05, 0.1) is 5.76 Å². The fraction of sp³-hybridized carbons (Fsp3) is 0.950. The lowest BCUT2D eigenvalue weighted by atomic mass is 9.53. The minimum absolute atomic E-state index is 0.483. The Labute approximate surface area is 265 Å². The van der Waals surface area contributed by atoms with Crippen molar-refractivity contribution in [2.45, 2.75) is 156 Å². The molecule has 5 heterocycles. The van der Waals surface area contributed by atoms with Crippen molar-refractivity contribution in [3.8, 4) is 0 Å². The van der Waals surface area contributed by atoms with E-state index in [9.17, 15) is 0 Å². The molecule has 6 fully saturated rings. The van der Waals surface area contributed by atoms with Crippen LogP contribution in [0.4, 0.5) is 0 Å². The lowest BCUT2D eigenvalue weighted by molar-refractivity contribution is -0.0941. The van der Waals surface area contributed by atoms with Crippen molar-refractivity contribution in [3.05, 3.63) is 11.3 Å². The van der Waals surface area contributed by atoms with Crippen molar-refractivity contribution in [1.29, 1.82) is 0 Å². The second-order valence-electron chi connectivity index (χ2n) is 18.4. The summed E-state index contributed by atoms with van der Waals surface area (Å²) in [6.45, 7) is 19.5. The third-order valence-electron chi connectivity index (χ3n) is 15.9. The Morgan fingerprint density at radius 2 is 1.72 bits per heavy atom. The molecule has 0 radical (unpaired) electrons. The molecule has 13 unspecified atom stereocenters. The number of hydrogen-bond donors (Lipinski definition) is 0. The number of allylic oxidation sites excluding steroid dienone is 1. The Kier molecular flexibility index (Phi) is 7.85. The highest BCUT2D eigenvalue weighted by molar-refractivity contribution is 5.27. The summed E-state index contributed by atoms with van der Waals surface area (Å²) >= 11 is 0. The van der Waals surface area contributed by atoms with Crippen molar-refractivity contribution in [1.82, 2.24) is 9.80 Å². The molecule has 13 atom stereocenters. The number of hydrogen-bond acceptors (Lipinski definition) is 3. The van der Waals surface area contributed by atoms with Gasteiger partial charge in [-0.15, -0.1) is 0 Å². The summed E-state index contributed by atoms with van der Waals surface area (Å²) < 4.78 is 7.28. The molecule has 2 saturated carbocycles. The van der Waals surface area contributed by atoms with E-state index in [1.165, 1.54) is 115 Å². The summed E-state index contributed by atoms with van der Waals surface area (Å²) in [6.07, 6.45) is 20.5. The van der Waals surface area contributed by atoms with E-state index in [0.717, 1.165) is 77.3 Å². The van der Waals surface area contributed by atoms with Gasteiger partial charge in [0.15, 0.2) is 0 Å². The molecule has 8 aliphatic rings. The predicted molar refractivity (Wildman–Crippen MR) is 178 cm³/mol. The zero-order valence-electron chi connectivity index (χ0n) is 28.9. The number of fused-ring (bicyclic) bond motifs is 9. The summed E-state index contributed by atoms with van der Waals surface area (Å²) in [4.78, 5) is 6.27. The largest absolute Gasteiger partial charge is 0.494 e. The molecule has 0 amide bonds. The minimum Gasteiger partial charge on any atom is -0.494 e. The van der Waals surface area contributed by atoms with Gasteiger partial charge in [-0.3, -0.25) is 9.80 Å². The summed E-state index contributed by atoms with van der Waals surface area (Å²) in [5.41, 5.74) is 2.31. The molecule has 3 aliphatic carbocycles. The molecule has 8 rings (SSSR count). The van der Waals surface area contributed by atoms with Crippen LogP contribution in [-0.2, 0) is 4.74 Å². The van der Waals surface area contributed by atoms with Crippen molar-refractivity contribution in [2.75, 3.05) is 19.6 Å². The van der Waals surface area contributed by atoms with Crippen LogP contribution in [-0.4, -0.2) is 53.7 Å². The molecular formula is C40H66N2O. The summed E-state index contributed by atoms with van der Waals surface area (Å²) in [7, 11) is 0. The third kappa shape index (κ3) is 4.68. The normalized spacial score (nSPS) is 49.8. The first-order valence-electron chi connectivity index (χ1n) is 19.7. The molecule has 3 heteroatoms. The first kappa shape index (κ1) is 29.8. The van der Waals surface area contributed by atoms with E-state index in [1.54, 1.807) is 5.57 Å². The Morgan fingerprint density at radius 3 is 2.51 bits per heavy atom. The van der Waals surface area contributed by atoms with Crippen LogP contribution in [0, 0.1) is 64.6 Å². The van der Waals surface area contributed by atoms with Gasteiger partial charge < -0.3 is 4.74 Å². The molecule has 0 aromatic heterocycles. The van der Waals surface area contributed by atoms with E-state index >= 15 is 0 Å². The highest BCUT2D eigenvalue weighted by Crippen LogP contribution is 2.63. The second kappa shape index (κ2) is 11.3. The summed E-state index contributed by atoms with van der Waals surface area (Å²) in [5, 5.41) is 0.